The van der Waals surface area contributed by atoms with Crippen LogP contribution >= 0.6 is 11.6 Å². The van der Waals surface area contributed by atoms with E-state index in [4.69, 9.17) is 11.6 Å². The standard InChI is InChI=1S/C17H20ClN5/c18-14-4-8-23-15(10-19)17(20-16(23)9-14)22-7-3-13(12-22)11-21-5-1-2-6-21/h4,8-9,13H,1-3,5-7,11-12H2. The van der Waals surface area contributed by atoms with E-state index in [1.807, 2.05) is 16.7 Å². The third-order valence-corrected chi connectivity index (χ3v) is 5.21. The number of pyridine rings is 1. The van der Waals surface area contributed by atoms with E-state index in [1.165, 1.54) is 38.9 Å². The van der Waals surface area contributed by atoms with E-state index in [-0.39, 0.29) is 0 Å². The van der Waals surface area contributed by atoms with E-state index < -0.39 is 0 Å². The molecular formula is C17H20ClN5. The molecule has 0 amide bonds. The average molecular weight is 330 g/mol. The minimum Gasteiger partial charge on any atom is -0.354 e. The van der Waals surface area contributed by atoms with Crippen molar-refractivity contribution in [3.8, 4) is 6.07 Å². The zero-order valence-electron chi connectivity index (χ0n) is 13.1. The number of nitriles is 1. The highest BCUT2D eigenvalue weighted by molar-refractivity contribution is 6.30. The minimum absolute atomic E-state index is 0.610. The van der Waals surface area contributed by atoms with E-state index >= 15 is 0 Å². The van der Waals surface area contributed by atoms with Crippen molar-refractivity contribution in [1.29, 1.82) is 5.26 Å². The van der Waals surface area contributed by atoms with Crippen LogP contribution < -0.4 is 4.90 Å². The summed E-state index contributed by atoms with van der Waals surface area (Å²) >= 11 is 6.05. The molecule has 0 saturated carbocycles. The van der Waals surface area contributed by atoms with Crippen molar-refractivity contribution >= 4 is 23.1 Å². The van der Waals surface area contributed by atoms with Crippen molar-refractivity contribution in [2.75, 3.05) is 37.6 Å². The first-order chi connectivity index (χ1) is 11.2. The second-order valence-corrected chi connectivity index (χ2v) is 7.01. The SMILES string of the molecule is N#Cc1c(N2CCC(CN3CCCC3)C2)nc2cc(Cl)ccn12. The van der Waals surface area contributed by atoms with Crippen LogP contribution in [0.25, 0.3) is 5.65 Å². The number of aromatic nitrogens is 2. The molecule has 2 fully saturated rings. The number of likely N-dealkylation sites (tertiary alicyclic amines) is 1. The van der Waals surface area contributed by atoms with Gasteiger partial charge >= 0.3 is 0 Å². The number of halogens is 1. The van der Waals surface area contributed by atoms with Crippen LogP contribution in [-0.4, -0.2) is 47.0 Å². The number of imidazole rings is 1. The smallest absolute Gasteiger partial charge is 0.169 e. The maximum Gasteiger partial charge on any atom is 0.169 e. The molecule has 0 aromatic carbocycles. The summed E-state index contributed by atoms with van der Waals surface area (Å²) in [5, 5.41) is 10.2. The Balaban J connectivity index is 1.56. The summed E-state index contributed by atoms with van der Waals surface area (Å²) < 4.78 is 1.83. The molecule has 1 atom stereocenters. The third kappa shape index (κ3) is 2.77. The molecule has 2 saturated heterocycles. The van der Waals surface area contributed by atoms with Gasteiger partial charge in [-0.05, 0) is 44.3 Å². The molecular weight excluding hydrogens is 310 g/mol. The van der Waals surface area contributed by atoms with Gasteiger partial charge in [-0.1, -0.05) is 11.6 Å². The maximum absolute atomic E-state index is 9.55. The molecule has 4 heterocycles. The van der Waals surface area contributed by atoms with Gasteiger partial charge in [-0.3, -0.25) is 4.40 Å². The number of hydrogen-bond acceptors (Lipinski definition) is 4. The first-order valence-electron chi connectivity index (χ1n) is 8.29. The van der Waals surface area contributed by atoms with Crippen LogP contribution in [0.15, 0.2) is 18.3 Å². The number of rotatable bonds is 3. The van der Waals surface area contributed by atoms with Gasteiger partial charge in [0, 0.05) is 36.9 Å². The van der Waals surface area contributed by atoms with Crippen LogP contribution in [-0.2, 0) is 0 Å². The maximum atomic E-state index is 9.55. The second-order valence-electron chi connectivity index (χ2n) is 6.58. The highest BCUT2D eigenvalue weighted by Gasteiger charge is 2.29. The van der Waals surface area contributed by atoms with Crippen molar-refractivity contribution < 1.29 is 0 Å². The largest absolute Gasteiger partial charge is 0.354 e. The third-order valence-electron chi connectivity index (χ3n) is 4.98. The van der Waals surface area contributed by atoms with Gasteiger partial charge in [0.25, 0.3) is 0 Å². The fraction of sp³-hybridized carbons (Fsp3) is 0.529. The van der Waals surface area contributed by atoms with Crippen LogP contribution in [0.5, 0.6) is 0 Å². The van der Waals surface area contributed by atoms with Crippen LogP contribution in [0, 0.1) is 17.2 Å². The van der Waals surface area contributed by atoms with Gasteiger partial charge in [0.15, 0.2) is 11.5 Å². The molecule has 23 heavy (non-hydrogen) atoms. The zero-order valence-corrected chi connectivity index (χ0v) is 13.8. The summed E-state index contributed by atoms with van der Waals surface area (Å²) in [4.78, 5) is 9.50. The minimum atomic E-state index is 0.610. The van der Waals surface area contributed by atoms with E-state index in [9.17, 15) is 5.26 Å². The van der Waals surface area contributed by atoms with Crippen molar-refractivity contribution in [3.05, 3.63) is 29.0 Å². The number of anilines is 1. The number of nitrogens with zero attached hydrogens (tertiary/aromatic N) is 5. The molecule has 2 aliphatic heterocycles. The molecule has 120 valence electrons. The molecule has 2 aliphatic rings. The predicted octanol–water partition coefficient (Wildman–Crippen LogP) is 2.78. The van der Waals surface area contributed by atoms with Crippen LogP contribution in [0.4, 0.5) is 5.82 Å². The summed E-state index contributed by atoms with van der Waals surface area (Å²) in [5.74, 6) is 1.48. The molecule has 6 heteroatoms. The van der Waals surface area contributed by atoms with Crippen molar-refractivity contribution in [2.45, 2.75) is 19.3 Å². The Hall–Kier alpha value is -1.77. The Morgan fingerprint density at radius 3 is 2.91 bits per heavy atom. The van der Waals surface area contributed by atoms with Gasteiger partial charge in [-0.2, -0.15) is 5.26 Å². The lowest BCUT2D eigenvalue weighted by molar-refractivity contribution is 0.289. The van der Waals surface area contributed by atoms with Crippen LogP contribution in [0.2, 0.25) is 5.02 Å². The van der Waals surface area contributed by atoms with E-state index in [0.29, 0.717) is 16.6 Å². The molecule has 0 aliphatic carbocycles. The van der Waals surface area contributed by atoms with Gasteiger partial charge < -0.3 is 9.80 Å². The first-order valence-corrected chi connectivity index (χ1v) is 8.67. The average Bonchev–Trinajstić information content (AvgIpc) is 3.26. The van der Waals surface area contributed by atoms with Gasteiger partial charge in [-0.15, -0.1) is 0 Å². The molecule has 4 rings (SSSR count). The fourth-order valence-electron chi connectivity index (χ4n) is 3.84. The molecule has 0 radical (unpaired) electrons. The summed E-state index contributed by atoms with van der Waals surface area (Å²) in [6.07, 6.45) is 5.67. The molecule has 5 nitrogen and oxygen atoms in total. The summed E-state index contributed by atoms with van der Waals surface area (Å²) in [7, 11) is 0. The number of hydrogen-bond donors (Lipinski definition) is 0. The Kier molecular flexibility index (Phi) is 3.88. The van der Waals surface area contributed by atoms with Crippen molar-refractivity contribution in [2.24, 2.45) is 5.92 Å². The van der Waals surface area contributed by atoms with Gasteiger partial charge in [0.2, 0.25) is 0 Å². The highest BCUT2D eigenvalue weighted by atomic mass is 35.5. The normalized spacial score (nSPS) is 22.1. The quantitative estimate of drug-likeness (QED) is 0.868. The summed E-state index contributed by atoms with van der Waals surface area (Å²) in [5.41, 5.74) is 1.35. The van der Waals surface area contributed by atoms with Crippen LogP contribution in [0.1, 0.15) is 25.0 Å². The lowest BCUT2D eigenvalue weighted by Gasteiger charge is -2.20. The van der Waals surface area contributed by atoms with Crippen molar-refractivity contribution in [3.63, 3.8) is 0 Å². The molecule has 2 aromatic rings. The Bertz CT molecular complexity index is 756. The zero-order chi connectivity index (χ0) is 15.8. The monoisotopic (exact) mass is 329 g/mol. The molecule has 1 unspecified atom stereocenters. The van der Waals surface area contributed by atoms with Gasteiger partial charge in [0.05, 0.1) is 0 Å². The van der Waals surface area contributed by atoms with Gasteiger partial charge in [-0.25, -0.2) is 4.98 Å². The first kappa shape index (κ1) is 14.8. The topological polar surface area (TPSA) is 47.6 Å². The molecule has 0 spiro atoms. The Morgan fingerprint density at radius 2 is 2.13 bits per heavy atom. The van der Waals surface area contributed by atoms with E-state index in [2.05, 4.69) is 20.9 Å². The lowest BCUT2D eigenvalue weighted by Crippen LogP contribution is -2.29. The Morgan fingerprint density at radius 1 is 1.30 bits per heavy atom. The summed E-state index contributed by atoms with van der Waals surface area (Å²) in [6, 6.07) is 5.91. The lowest BCUT2D eigenvalue weighted by atomic mass is 10.1. The molecule has 2 aromatic heterocycles. The Labute approximate surface area is 141 Å². The van der Waals surface area contributed by atoms with E-state index in [0.717, 1.165) is 24.6 Å². The van der Waals surface area contributed by atoms with Crippen LogP contribution in [0.3, 0.4) is 0 Å². The highest BCUT2D eigenvalue weighted by Crippen LogP contribution is 2.28. The van der Waals surface area contributed by atoms with Gasteiger partial charge in [0.1, 0.15) is 11.7 Å². The van der Waals surface area contributed by atoms with Crippen molar-refractivity contribution in [1.82, 2.24) is 14.3 Å². The predicted molar refractivity (Wildman–Crippen MR) is 90.9 cm³/mol. The second kappa shape index (κ2) is 6.03. The number of fused-ring (bicyclic) bond motifs is 1. The molecule has 0 N–H and O–H groups in total. The summed E-state index contributed by atoms with van der Waals surface area (Å²) in [6.45, 7) is 5.63. The van der Waals surface area contributed by atoms with E-state index in [1.54, 1.807) is 6.07 Å². The fourth-order valence-corrected chi connectivity index (χ4v) is 3.99. The molecule has 0 bridgehead atoms.